The van der Waals surface area contributed by atoms with Crippen LogP contribution in [0, 0.1) is 13.8 Å². The molecule has 0 saturated heterocycles. The van der Waals surface area contributed by atoms with Crippen LogP contribution >= 0.6 is 11.6 Å². The van der Waals surface area contributed by atoms with Gasteiger partial charge in [-0.3, -0.25) is 9.59 Å². The lowest BCUT2D eigenvalue weighted by Crippen LogP contribution is -2.17. The number of amides is 2. The molecule has 0 aliphatic carbocycles. The van der Waals surface area contributed by atoms with Crippen molar-refractivity contribution in [1.29, 1.82) is 0 Å². The number of rotatable bonds is 6. The molecule has 2 N–H and O–H groups in total. The fraction of sp³-hybridized carbons (Fsp3) is 0.174. The maximum atomic E-state index is 12.7. The number of carbonyl (C=O) groups is 2. The van der Waals surface area contributed by atoms with Crippen molar-refractivity contribution in [2.45, 2.75) is 26.7 Å². The van der Waals surface area contributed by atoms with Crippen molar-refractivity contribution >= 4 is 40.6 Å². The van der Waals surface area contributed by atoms with E-state index >= 15 is 0 Å². The summed E-state index contributed by atoms with van der Waals surface area (Å²) < 4.78 is 1.67. The Morgan fingerprint density at radius 1 is 1.00 bits per heavy atom. The summed E-state index contributed by atoms with van der Waals surface area (Å²) in [5.74, 6) is 0.0797. The Morgan fingerprint density at radius 2 is 1.69 bits per heavy atom. The van der Waals surface area contributed by atoms with Gasteiger partial charge in [-0.1, -0.05) is 23.7 Å². The number of halogens is 1. The lowest BCUT2D eigenvalue weighted by atomic mass is 10.1. The number of anilines is 2. The second kappa shape index (κ2) is 9.15. The summed E-state index contributed by atoms with van der Waals surface area (Å²) in [5.41, 5.74) is 4.21. The van der Waals surface area contributed by atoms with Crippen molar-refractivity contribution in [3.05, 3.63) is 82.4 Å². The lowest BCUT2D eigenvalue weighted by Gasteiger charge is -2.13. The summed E-state index contributed by atoms with van der Waals surface area (Å²) in [4.78, 5) is 33.8. The number of para-hydroxylation sites is 2. The van der Waals surface area contributed by atoms with Crippen LogP contribution in [0.25, 0.3) is 5.78 Å². The van der Waals surface area contributed by atoms with Crippen LogP contribution in [-0.4, -0.2) is 31.4 Å². The van der Waals surface area contributed by atoms with Crippen LogP contribution in [0.15, 0.2) is 54.9 Å². The van der Waals surface area contributed by atoms with E-state index in [-0.39, 0.29) is 18.2 Å². The Hall–Kier alpha value is -3.78. The third-order valence-corrected chi connectivity index (χ3v) is 5.40. The number of hydrogen-bond donors (Lipinski definition) is 2. The molecule has 0 atom stereocenters. The summed E-state index contributed by atoms with van der Waals surface area (Å²) in [6, 6.07) is 13.7. The van der Waals surface area contributed by atoms with Crippen LogP contribution in [0.5, 0.6) is 0 Å². The molecule has 0 unspecified atom stereocenters. The van der Waals surface area contributed by atoms with E-state index in [0.717, 1.165) is 17.0 Å². The van der Waals surface area contributed by atoms with Crippen molar-refractivity contribution in [3.63, 3.8) is 0 Å². The molecule has 2 heterocycles. The quantitative estimate of drug-likeness (QED) is 0.460. The van der Waals surface area contributed by atoms with Crippen LogP contribution in [0.3, 0.4) is 0 Å². The second-order valence-electron chi connectivity index (χ2n) is 7.29. The Bertz CT molecular complexity index is 1300. The van der Waals surface area contributed by atoms with E-state index in [2.05, 4.69) is 25.7 Å². The monoisotopic (exact) mass is 448 g/mol. The first-order valence-corrected chi connectivity index (χ1v) is 10.4. The van der Waals surface area contributed by atoms with Crippen molar-refractivity contribution in [1.82, 2.24) is 19.6 Å². The molecule has 4 rings (SSSR count). The Balaban J connectivity index is 1.44. The van der Waals surface area contributed by atoms with E-state index in [1.54, 1.807) is 53.0 Å². The summed E-state index contributed by atoms with van der Waals surface area (Å²) >= 11 is 5.88. The van der Waals surface area contributed by atoms with E-state index in [4.69, 9.17) is 11.6 Å². The van der Waals surface area contributed by atoms with Crippen LogP contribution in [-0.2, 0) is 11.2 Å². The van der Waals surface area contributed by atoms with E-state index in [9.17, 15) is 9.59 Å². The van der Waals surface area contributed by atoms with Crippen LogP contribution < -0.4 is 10.6 Å². The fourth-order valence-electron chi connectivity index (χ4n) is 3.47. The third kappa shape index (κ3) is 4.60. The first-order valence-electron chi connectivity index (χ1n) is 10.0. The smallest absolute Gasteiger partial charge is 0.255 e. The number of nitrogens with one attached hydrogen (secondary N) is 2. The van der Waals surface area contributed by atoms with E-state index in [0.29, 0.717) is 34.2 Å². The molecule has 162 valence electrons. The van der Waals surface area contributed by atoms with Crippen molar-refractivity contribution < 1.29 is 9.59 Å². The standard InChI is InChI=1S/C23H21ClN6O2/c1-14-18(15(2)30-23(27-14)25-13-26-30)11-12-21(31)28-19-5-3-4-6-20(19)29-22(32)16-7-9-17(24)10-8-16/h3-10,13H,11-12H2,1-2H3,(H,28,31)(H,29,32). The molecule has 2 amide bonds. The van der Waals surface area contributed by atoms with Crippen LogP contribution in [0.2, 0.25) is 5.02 Å². The molecule has 0 aliphatic rings. The SMILES string of the molecule is Cc1nc2ncnn2c(C)c1CCC(=O)Nc1ccccc1NC(=O)c1ccc(Cl)cc1. The van der Waals surface area contributed by atoms with Crippen molar-refractivity contribution in [2.24, 2.45) is 0 Å². The highest BCUT2D eigenvalue weighted by Crippen LogP contribution is 2.23. The van der Waals surface area contributed by atoms with Gasteiger partial charge in [0, 0.05) is 28.4 Å². The molecule has 2 aromatic heterocycles. The number of hydrogen-bond acceptors (Lipinski definition) is 5. The van der Waals surface area contributed by atoms with Crippen LogP contribution in [0.4, 0.5) is 11.4 Å². The van der Waals surface area contributed by atoms with Gasteiger partial charge in [-0.2, -0.15) is 10.1 Å². The summed E-state index contributed by atoms with van der Waals surface area (Å²) in [7, 11) is 0. The first-order chi connectivity index (χ1) is 15.4. The molecular formula is C23H21ClN6O2. The molecule has 0 fully saturated rings. The minimum Gasteiger partial charge on any atom is -0.324 e. The molecule has 0 spiro atoms. The summed E-state index contributed by atoms with van der Waals surface area (Å²) in [6.07, 6.45) is 2.22. The van der Waals surface area contributed by atoms with Gasteiger partial charge in [0.15, 0.2) is 0 Å². The molecule has 0 radical (unpaired) electrons. The van der Waals surface area contributed by atoms with Gasteiger partial charge in [0.25, 0.3) is 11.7 Å². The Kier molecular flexibility index (Phi) is 6.13. The van der Waals surface area contributed by atoms with E-state index < -0.39 is 0 Å². The zero-order chi connectivity index (χ0) is 22.7. The predicted molar refractivity (Wildman–Crippen MR) is 123 cm³/mol. The number of nitrogens with zero attached hydrogens (tertiary/aromatic N) is 4. The van der Waals surface area contributed by atoms with Gasteiger partial charge in [-0.25, -0.2) is 9.50 Å². The highest BCUT2D eigenvalue weighted by Gasteiger charge is 2.14. The van der Waals surface area contributed by atoms with Gasteiger partial charge in [-0.05, 0) is 62.2 Å². The predicted octanol–water partition coefficient (Wildman–Crippen LogP) is 4.22. The highest BCUT2D eigenvalue weighted by molar-refractivity contribution is 6.30. The lowest BCUT2D eigenvalue weighted by molar-refractivity contribution is -0.116. The Morgan fingerprint density at radius 3 is 2.41 bits per heavy atom. The third-order valence-electron chi connectivity index (χ3n) is 5.15. The molecule has 0 bridgehead atoms. The second-order valence-corrected chi connectivity index (χ2v) is 7.72. The number of benzene rings is 2. The number of carbonyl (C=O) groups excluding carboxylic acids is 2. The van der Waals surface area contributed by atoms with Gasteiger partial charge in [-0.15, -0.1) is 0 Å². The van der Waals surface area contributed by atoms with Crippen LogP contribution in [0.1, 0.15) is 33.7 Å². The van der Waals surface area contributed by atoms with Crippen molar-refractivity contribution in [3.8, 4) is 0 Å². The normalized spacial score (nSPS) is 10.8. The summed E-state index contributed by atoms with van der Waals surface area (Å²) in [5, 5.41) is 10.5. The molecule has 8 nitrogen and oxygen atoms in total. The van der Waals surface area contributed by atoms with Crippen molar-refractivity contribution in [2.75, 3.05) is 10.6 Å². The van der Waals surface area contributed by atoms with Gasteiger partial charge >= 0.3 is 0 Å². The maximum absolute atomic E-state index is 12.7. The van der Waals surface area contributed by atoms with Gasteiger partial charge < -0.3 is 10.6 Å². The van der Waals surface area contributed by atoms with E-state index in [1.807, 2.05) is 13.8 Å². The minimum absolute atomic E-state index is 0.171. The minimum atomic E-state index is -0.290. The molecule has 9 heteroatoms. The number of aryl methyl sites for hydroxylation is 2. The number of aromatic nitrogens is 4. The molecule has 0 aliphatic heterocycles. The topological polar surface area (TPSA) is 101 Å². The van der Waals surface area contributed by atoms with E-state index in [1.165, 1.54) is 6.33 Å². The largest absolute Gasteiger partial charge is 0.324 e. The van der Waals surface area contributed by atoms with Gasteiger partial charge in [0.05, 0.1) is 11.4 Å². The summed E-state index contributed by atoms with van der Waals surface area (Å²) in [6.45, 7) is 3.84. The zero-order valence-corrected chi connectivity index (χ0v) is 18.3. The zero-order valence-electron chi connectivity index (χ0n) is 17.6. The Labute approximate surface area is 189 Å². The first kappa shape index (κ1) is 21.5. The number of fused-ring (bicyclic) bond motifs is 1. The average Bonchev–Trinajstić information content (AvgIpc) is 3.24. The highest BCUT2D eigenvalue weighted by atomic mass is 35.5. The van der Waals surface area contributed by atoms with Gasteiger partial charge in [0.1, 0.15) is 6.33 Å². The maximum Gasteiger partial charge on any atom is 0.255 e. The molecule has 32 heavy (non-hydrogen) atoms. The average molecular weight is 449 g/mol. The molecular weight excluding hydrogens is 428 g/mol. The fourth-order valence-corrected chi connectivity index (χ4v) is 3.59. The molecule has 2 aromatic carbocycles. The molecule has 4 aromatic rings. The van der Waals surface area contributed by atoms with Gasteiger partial charge in [0.2, 0.25) is 5.91 Å². The molecule has 0 saturated carbocycles.